The van der Waals surface area contributed by atoms with Gasteiger partial charge in [0.1, 0.15) is 12.4 Å². The molecule has 26 heavy (non-hydrogen) atoms. The average molecular weight is 394 g/mol. The van der Waals surface area contributed by atoms with E-state index in [9.17, 15) is 0 Å². The summed E-state index contributed by atoms with van der Waals surface area (Å²) in [5.74, 6) is 2.20. The molecule has 0 amide bonds. The summed E-state index contributed by atoms with van der Waals surface area (Å²) in [6.07, 6.45) is 1.66. The highest BCUT2D eigenvalue weighted by Gasteiger charge is 2.13. The van der Waals surface area contributed by atoms with Gasteiger partial charge in [-0.25, -0.2) is 0 Å². The molecule has 138 valence electrons. The van der Waals surface area contributed by atoms with Crippen LogP contribution < -0.4 is 14.8 Å². The lowest BCUT2D eigenvalue weighted by Gasteiger charge is -2.16. The number of benzene rings is 2. The van der Waals surface area contributed by atoms with Crippen LogP contribution in [0.15, 0.2) is 65.3 Å². The first kappa shape index (κ1) is 20.2. The van der Waals surface area contributed by atoms with E-state index in [1.807, 2.05) is 48.5 Å². The van der Waals surface area contributed by atoms with Gasteiger partial charge in [-0.05, 0) is 23.8 Å². The van der Waals surface area contributed by atoms with Crippen LogP contribution in [0.25, 0.3) is 0 Å². The van der Waals surface area contributed by atoms with E-state index in [0.29, 0.717) is 36.2 Å². The molecule has 1 N–H and O–H groups in total. The molecular formula is C20H21Cl2NO3. The van der Waals surface area contributed by atoms with Gasteiger partial charge in [-0.15, -0.1) is 12.4 Å². The monoisotopic (exact) mass is 393 g/mol. The van der Waals surface area contributed by atoms with Crippen molar-refractivity contribution in [2.24, 2.45) is 0 Å². The van der Waals surface area contributed by atoms with Crippen molar-refractivity contribution >= 4 is 24.0 Å². The predicted octanol–water partition coefficient (Wildman–Crippen LogP) is 5.23. The van der Waals surface area contributed by atoms with Crippen LogP contribution in [0.3, 0.4) is 0 Å². The molecule has 2 aromatic carbocycles. The molecule has 0 aliphatic rings. The Labute approximate surface area is 164 Å². The van der Waals surface area contributed by atoms with Crippen LogP contribution in [0.1, 0.15) is 16.9 Å². The molecule has 0 spiro atoms. The van der Waals surface area contributed by atoms with Gasteiger partial charge in [0.15, 0.2) is 11.5 Å². The van der Waals surface area contributed by atoms with E-state index in [0.717, 1.165) is 16.9 Å². The molecule has 0 aliphatic heterocycles. The summed E-state index contributed by atoms with van der Waals surface area (Å²) in [6.45, 7) is 1.67. The maximum atomic E-state index is 6.21. The lowest BCUT2D eigenvalue weighted by molar-refractivity contribution is 0.280. The van der Waals surface area contributed by atoms with E-state index < -0.39 is 0 Å². The van der Waals surface area contributed by atoms with Crippen molar-refractivity contribution < 1.29 is 13.9 Å². The lowest BCUT2D eigenvalue weighted by Crippen LogP contribution is -2.13. The molecule has 0 saturated carbocycles. The predicted molar refractivity (Wildman–Crippen MR) is 105 cm³/mol. The zero-order chi connectivity index (χ0) is 17.5. The minimum absolute atomic E-state index is 0. The minimum atomic E-state index is 0. The Morgan fingerprint density at radius 2 is 1.85 bits per heavy atom. The van der Waals surface area contributed by atoms with Crippen LogP contribution in [0.5, 0.6) is 11.5 Å². The van der Waals surface area contributed by atoms with E-state index in [1.165, 1.54) is 0 Å². The van der Waals surface area contributed by atoms with Crippen molar-refractivity contribution in [1.82, 2.24) is 5.32 Å². The third-order valence-corrected chi connectivity index (χ3v) is 3.96. The minimum Gasteiger partial charge on any atom is -0.493 e. The van der Waals surface area contributed by atoms with Crippen molar-refractivity contribution in [2.45, 2.75) is 19.7 Å². The van der Waals surface area contributed by atoms with Crippen molar-refractivity contribution in [2.75, 3.05) is 7.11 Å². The summed E-state index contributed by atoms with van der Waals surface area (Å²) >= 11 is 6.21. The summed E-state index contributed by atoms with van der Waals surface area (Å²) in [5.41, 5.74) is 2.03. The first-order valence-corrected chi connectivity index (χ1v) is 8.40. The maximum Gasteiger partial charge on any atom is 0.166 e. The molecule has 0 fully saturated rings. The third kappa shape index (κ3) is 5.43. The van der Waals surface area contributed by atoms with Gasteiger partial charge >= 0.3 is 0 Å². The Balaban J connectivity index is 0.00000243. The largest absolute Gasteiger partial charge is 0.493 e. The maximum absolute atomic E-state index is 6.21. The van der Waals surface area contributed by atoms with Gasteiger partial charge in [-0.3, -0.25) is 0 Å². The zero-order valence-corrected chi connectivity index (χ0v) is 16.0. The number of hydrogen-bond acceptors (Lipinski definition) is 4. The second-order valence-electron chi connectivity index (χ2n) is 5.55. The van der Waals surface area contributed by atoms with Crippen LogP contribution in [-0.2, 0) is 19.7 Å². The number of hydrogen-bond donors (Lipinski definition) is 1. The molecule has 0 radical (unpaired) electrons. The van der Waals surface area contributed by atoms with Crippen molar-refractivity contribution in [3.63, 3.8) is 0 Å². The van der Waals surface area contributed by atoms with E-state index >= 15 is 0 Å². The smallest absolute Gasteiger partial charge is 0.166 e. The Bertz CT molecular complexity index is 792. The zero-order valence-electron chi connectivity index (χ0n) is 14.4. The van der Waals surface area contributed by atoms with Crippen molar-refractivity contribution in [3.8, 4) is 11.5 Å². The second-order valence-corrected chi connectivity index (χ2v) is 5.99. The van der Waals surface area contributed by atoms with Gasteiger partial charge in [-0.2, -0.15) is 0 Å². The van der Waals surface area contributed by atoms with Gasteiger partial charge in [-0.1, -0.05) is 41.9 Å². The standard InChI is InChI=1S/C20H20ClNO3.ClH/c1-23-19-11-17(21)10-16(12-22-13-18-8-5-9-24-18)20(19)25-14-15-6-3-2-4-7-15;/h2-11,22H,12-14H2,1H3;1H. The SMILES string of the molecule is COc1cc(Cl)cc(CNCc2ccco2)c1OCc1ccccc1.Cl. The first-order chi connectivity index (χ1) is 12.3. The molecule has 6 heteroatoms. The molecule has 1 heterocycles. The number of nitrogens with one attached hydrogen (secondary N) is 1. The van der Waals surface area contributed by atoms with E-state index in [1.54, 1.807) is 19.4 Å². The first-order valence-electron chi connectivity index (χ1n) is 8.02. The van der Waals surface area contributed by atoms with Crippen LogP contribution >= 0.6 is 24.0 Å². The fraction of sp³-hybridized carbons (Fsp3) is 0.200. The quantitative estimate of drug-likeness (QED) is 0.568. The van der Waals surface area contributed by atoms with Crippen LogP contribution in [0, 0.1) is 0 Å². The van der Waals surface area contributed by atoms with Crippen LogP contribution in [0.2, 0.25) is 5.02 Å². The number of methoxy groups -OCH3 is 1. The second kappa shape index (κ2) is 10.1. The number of rotatable bonds is 8. The summed E-state index contributed by atoms with van der Waals surface area (Å²) in [4.78, 5) is 0. The summed E-state index contributed by atoms with van der Waals surface area (Å²) in [6, 6.07) is 17.5. The Morgan fingerprint density at radius 3 is 2.54 bits per heavy atom. The van der Waals surface area contributed by atoms with Gasteiger partial charge in [0.05, 0.1) is 19.9 Å². The molecule has 4 nitrogen and oxygen atoms in total. The molecule has 0 bridgehead atoms. The molecule has 0 unspecified atom stereocenters. The third-order valence-electron chi connectivity index (χ3n) is 3.74. The number of halogens is 2. The fourth-order valence-electron chi connectivity index (χ4n) is 2.53. The molecule has 0 aliphatic carbocycles. The highest BCUT2D eigenvalue weighted by molar-refractivity contribution is 6.30. The fourth-order valence-corrected chi connectivity index (χ4v) is 2.76. The number of ether oxygens (including phenoxy) is 2. The topological polar surface area (TPSA) is 43.6 Å². The van der Waals surface area contributed by atoms with E-state index in [4.69, 9.17) is 25.5 Å². The van der Waals surface area contributed by atoms with E-state index in [2.05, 4.69) is 5.32 Å². The van der Waals surface area contributed by atoms with Crippen molar-refractivity contribution in [1.29, 1.82) is 0 Å². The molecule has 3 aromatic rings. The van der Waals surface area contributed by atoms with E-state index in [-0.39, 0.29) is 12.4 Å². The average Bonchev–Trinajstić information content (AvgIpc) is 3.14. The highest BCUT2D eigenvalue weighted by atomic mass is 35.5. The van der Waals surface area contributed by atoms with Crippen molar-refractivity contribution in [3.05, 3.63) is 82.8 Å². The van der Waals surface area contributed by atoms with Gasteiger partial charge in [0.2, 0.25) is 0 Å². The van der Waals surface area contributed by atoms with Crippen LogP contribution in [0.4, 0.5) is 0 Å². The molecule has 0 atom stereocenters. The highest BCUT2D eigenvalue weighted by Crippen LogP contribution is 2.35. The molecule has 1 aromatic heterocycles. The normalized spacial score (nSPS) is 10.2. The van der Waals surface area contributed by atoms with Gasteiger partial charge in [0.25, 0.3) is 0 Å². The Morgan fingerprint density at radius 1 is 1.04 bits per heavy atom. The number of furan rings is 1. The van der Waals surface area contributed by atoms with Gasteiger partial charge in [0, 0.05) is 23.2 Å². The molecular weight excluding hydrogens is 373 g/mol. The van der Waals surface area contributed by atoms with Gasteiger partial charge < -0.3 is 19.2 Å². The summed E-state index contributed by atoms with van der Waals surface area (Å²) in [5, 5.41) is 3.94. The molecule has 0 saturated heterocycles. The van der Waals surface area contributed by atoms with Crippen LogP contribution in [-0.4, -0.2) is 7.11 Å². The Hall–Kier alpha value is -2.14. The summed E-state index contributed by atoms with van der Waals surface area (Å²) < 4.78 is 16.8. The Kier molecular flexibility index (Phi) is 7.85. The molecule has 3 rings (SSSR count). The summed E-state index contributed by atoms with van der Waals surface area (Å²) in [7, 11) is 1.61. The lowest BCUT2D eigenvalue weighted by atomic mass is 10.1.